The maximum Gasteiger partial charge on any atom is 0.105 e. The number of hydrogen-bond donors (Lipinski definition) is 2. The highest BCUT2D eigenvalue weighted by Crippen LogP contribution is 2.24. The normalized spacial score (nSPS) is 30.2. The molecule has 2 unspecified atom stereocenters. The summed E-state index contributed by atoms with van der Waals surface area (Å²) in [4.78, 5) is 0. The molecule has 0 spiro atoms. The van der Waals surface area contributed by atoms with Gasteiger partial charge in [0.25, 0.3) is 0 Å². The molecule has 2 N–H and O–H groups in total. The van der Waals surface area contributed by atoms with E-state index in [2.05, 4.69) is 19.2 Å². The maximum atomic E-state index is 10.2. The third kappa shape index (κ3) is 4.37. The summed E-state index contributed by atoms with van der Waals surface area (Å²) in [6, 6.07) is 0. The Morgan fingerprint density at radius 3 is 2.88 bits per heavy atom. The summed E-state index contributed by atoms with van der Waals surface area (Å²) in [7, 11) is 0. The molecule has 2 atom stereocenters. The molecule has 0 bridgehead atoms. The lowest BCUT2D eigenvalue weighted by molar-refractivity contribution is -0.0270. The fraction of sp³-hybridized carbons (Fsp3) is 1.00. The molecule has 0 radical (unpaired) electrons. The predicted molar refractivity (Wildman–Crippen MR) is 63.5 cm³/mol. The summed E-state index contributed by atoms with van der Waals surface area (Å²) < 4.78 is 10.8. The fourth-order valence-electron chi connectivity index (χ4n) is 1.77. The zero-order chi connectivity index (χ0) is 12.0. The Labute approximate surface area is 98.3 Å². The third-order valence-electron chi connectivity index (χ3n) is 2.97. The summed E-state index contributed by atoms with van der Waals surface area (Å²) in [5.41, 5.74) is -0.696. The molecule has 0 aliphatic carbocycles. The van der Waals surface area contributed by atoms with Crippen molar-refractivity contribution in [3.05, 3.63) is 0 Å². The Kier molecular flexibility index (Phi) is 5.69. The van der Waals surface area contributed by atoms with Crippen LogP contribution in [-0.2, 0) is 9.47 Å². The molecule has 0 amide bonds. The van der Waals surface area contributed by atoms with Crippen molar-refractivity contribution >= 4 is 0 Å². The molecule has 4 heteroatoms. The van der Waals surface area contributed by atoms with Gasteiger partial charge in [-0.1, -0.05) is 13.8 Å². The van der Waals surface area contributed by atoms with Crippen molar-refractivity contribution in [3.63, 3.8) is 0 Å². The van der Waals surface area contributed by atoms with Crippen molar-refractivity contribution in [2.24, 2.45) is 5.92 Å². The first kappa shape index (κ1) is 13.9. The summed E-state index contributed by atoms with van der Waals surface area (Å²) in [5.74, 6) is 0.576. The molecule has 1 fully saturated rings. The predicted octanol–water partition coefficient (Wildman–Crippen LogP) is 0.788. The molecule has 16 heavy (non-hydrogen) atoms. The van der Waals surface area contributed by atoms with Crippen LogP contribution >= 0.6 is 0 Å². The topological polar surface area (TPSA) is 50.7 Å². The van der Waals surface area contributed by atoms with Crippen LogP contribution in [0, 0.1) is 5.92 Å². The quantitative estimate of drug-likeness (QED) is 0.636. The van der Waals surface area contributed by atoms with Gasteiger partial charge < -0.3 is 19.9 Å². The molecule has 1 aliphatic heterocycles. The smallest absolute Gasteiger partial charge is 0.105 e. The minimum atomic E-state index is -0.696. The summed E-state index contributed by atoms with van der Waals surface area (Å²) >= 11 is 0. The second-order valence-electron chi connectivity index (χ2n) is 5.01. The lowest BCUT2D eigenvalue weighted by Crippen LogP contribution is -2.46. The third-order valence-corrected chi connectivity index (χ3v) is 2.97. The van der Waals surface area contributed by atoms with E-state index in [1.807, 2.05) is 6.92 Å². The molecule has 0 aromatic carbocycles. The number of ether oxygens (including phenoxy) is 2. The summed E-state index contributed by atoms with van der Waals surface area (Å²) in [5, 5.41) is 13.4. The van der Waals surface area contributed by atoms with Gasteiger partial charge in [0.1, 0.15) is 5.60 Å². The highest BCUT2D eigenvalue weighted by atomic mass is 16.5. The lowest BCUT2D eigenvalue weighted by atomic mass is 9.97. The summed E-state index contributed by atoms with van der Waals surface area (Å²) in [6.07, 6.45) is 0.644. The van der Waals surface area contributed by atoms with Crippen LogP contribution in [0.2, 0.25) is 0 Å². The Balaban J connectivity index is 2.02. The zero-order valence-electron chi connectivity index (χ0n) is 10.7. The van der Waals surface area contributed by atoms with E-state index in [0.717, 1.165) is 13.2 Å². The van der Waals surface area contributed by atoms with E-state index in [1.54, 1.807) is 0 Å². The molecule has 0 saturated carbocycles. The monoisotopic (exact) mass is 231 g/mol. The molecule has 1 heterocycles. The molecule has 0 aromatic heterocycles. The first-order chi connectivity index (χ1) is 7.54. The first-order valence-electron chi connectivity index (χ1n) is 6.17. The maximum absolute atomic E-state index is 10.2. The second-order valence-corrected chi connectivity index (χ2v) is 5.01. The van der Waals surface area contributed by atoms with Gasteiger partial charge in [-0.25, -0.2) is 0 Å². The Morgan fingerprint density at radius 1 is 1.56 bits per heavy atom. The Hall–Kier alpha value is -0.160. The average molecular weight is 231 g/mol. The van der Waals surface area contributed by atoms with Gasteiger partial charge in [-0.2, -0.15) is 0 Å². The van der Waals surface area contributed by atoms with Gasteiger partial charge >= 0.3 is 0 Å². The molecular weight excluding hydrogens is 206 g/mol. The van der Waals surface area contributed by atoms with Gasteiger partial charge in [0.2, 0.25) is 0 Å². The number of aliphatic hydroxyl groups is 1. The van der Waals surface area contributed by atoms with Crippen molar-refractivity contribution < 1.29 is 14.6 Å². The van der Waals surface area contributed by atoms with E-state index in [1.165, 1.54) is 0 Å². The van der Waals surface area contributed by atoms with Gasteiger partial charge in [-0.05, 0) is 12.8 Å². The van der Waals surface area contributed by atoms with Crippen molar-refractivity contribution in [3.8, 4) is 0 Å². The van der Waals surface area contributed by atoms with Gasteiger partial charge in [-0.3, -0.25) is 0 Å². The Bertz CT molecular complexity index is 199. The number of nitrogens with one attached hydrogen (secondary N) is 1. The highest BCUT2D eigenvalue weighted by Gasteiger charge is 2.38. The fourth-order valence-corrected chi connectivity index (χ4v) is 1.77. The minimum Gasteiger partial charge on any atom is -0.386 e. The average Bonchev–Trinajstić information content (AvgIpc) is 2.53. The van der Waals surface area contributed by atoms with Crippen molar-refractivity contribution in [2.75, 3.05) is 32.9 Å². The molecule has 0 aromatic rings. The molecule has 1 saturated heterocycles. The van der Waals surface area contributed by atoms with Crippen molar-refractivity contribution in [2.45, 2.75) is 38.9 Å². The van der Waals surface area contributed by atoms with Crippen LogP contribution in [0.4, 0.5) is 0 Å². The second kappa shape index (κ2) is 6.55. The van der Waals surface area contributed by atoms with Crippen LogP contribution in [0.1, 0.15) is 27.2 Å². The van der Waals surface area contributed by atoms with E-state index in [4.69, 9.17) is 9.47 Å². The van der Waals surface area contributed by atoms with Gasteiger partial charge in [-0.15, -0.1) is 0 Å². The summed E-state index contributed by atoms with van der Waals surface area (Å²) in [6.45, 7) is 9.70. The molecule has 1 aliphatic rings. The van der Waals surface area contributed by atoms with Crippen LogP contribution in [-0.4, -0.2) is 49.7 Å². The number of hydrogen-bond acceptors (Lipinski definition) is 4. The van der Waals surface area contributed by atoms with E-state index < -0.39 is 5.60 Å². The zero-order valence-corrected chi connectivity index (χ0v) is 10.7. The molecule has 1 rings (SSSR count). The molecule has 4 nitrogen and oxygen atoms in total. The largest absolute Gasteiger partial charge is 0.386 e. The van der Waals surface area contributed by atoms with Crippen LogP contribution in [0.25, 0.3) is 0 Å². The van der Waals surface area contributed by atoms with E-state index in [0.29, 0.717) is 32.1 Å². The van der Waals surface area contributed by atoms with Crippen LogP contribution in [0.3, 0.4) is 0 Å². The van der Waals surface area contributed by atoms with E-state index in [-0.39, 0.29) is 6.10 Å². The SMILES string of the molecule is CC(C)COCCNCC1(O)CCOC1C. The van der Waals surface area contributed by atoms with Crippen molar-refractivity contribution in [1.29, 1.82) is 0 Å². The number of rotatable bonds is 7. The van der Waals surface area contributed by atoms with Crippen LogP contribution in [0.15, 0.2) is 0 Å². The standard InChI is InChI=1S/C12H25NO3/c1-10(2)8-15-7-5-13-9-12(14)4-6-16-11(12)3/h10-11,13-14H,4-9H2,1-3H3. The van der Waals surface area contributed by atoms with Crippen molar-refractivity contribution in [1.82, 2.24) is 5.32 Å². The van der Waals surface area contributed by atoms with Crippen LogP contribution in [0.5, 0.6) is 0 Å². The first-order valence-corrected chi connectivity index (χ1v) is 6.17. The minimum absolute atomic E-state index is 0.0726. The van der Waals surface area contributed by atoms with Gasteiger partial charge in [0.05, 0.1) is 12.7 Å². The van der Waals surface area contributed by atoms with E-state index >= 15 is 0 Å². The van der Waals surface area contributed by atoms with Crippen LogP contribution < -0.4 is 5.32 Å². The van der Waals surface area contributed by atoms with Gasteiger partial charge in [0.15, 0.2) is 0 Å². The molecular formula is C12H25NO3. The molecule has 96 valence electrons. The highest BCUT2D eigenvalue weighted by molar-refractivity contribution is 4.91. The Morgan fingerprint density at radius 2 is 2.31 bits per heavy atom. The van der Waals surface area contributed by atoms with E-state index in [9.17, 15) is 5.11 Å². The lowest BCUT2D eigenvalue weighted by Gasteiger charge is -2.26. The van der Waals surface area contributed by atoms with Gasteiger partial charge in [0, 0.05) is 32.7 Å².